The summed E-state index contributed by atoms with van der Waals surface area (Å²) in [4.78, 5) is 41.5. The van der Waals surface area contributed by atoms with E-state index < -0.39 is 41.0 Å². The van der Waals surface area contributed by atoms with E-state index in [0.717, 1.165) is 23.1 Å². The van der Waals surface area contributed by atoms with Crippen LogP contribution in [0.4, 0.5) is 13.2 Å². The number of hydrogen-bond donors (Lipinski definition) is 2. The Morgan fingerprint density at radius 2 is 1.77 bits per heavy atom. The van der Waals surface area contributed by atoms with Crippen molar-refractivity contribution >= 4 is 22.9 Å². The highest BCUT2D eigenvalue weighted by atomic mass is 19.4. The number of pyridine rings is 2. The SMILES string of the molecule is O=C(NCC(F)(F)F)c1cn(-c2cccc(-c3ccc(CC4(C(=O)O)CCC4)cc3)c2)c2ncccc2c1=O. The average molecular weight is 536 g/mol. The maximum Gasteiger partial charge on any atom is 0.405 e. The number of nitrogens with zero attached hydrogens (tertiary/aromatic N) is 2. The van der Waals surface area contributed by atoms with Crippen LogP contribution in [0.3, 0.4) is 0 Å². The highest BCUT2D eigenvalue weighted by Gasteiger charge is 2.44. The molecule has 0 aliphatic heterocycles. The highest BCUT2D eigenvalue weighted by Crippen LogP contribution is 2.44. The summed E-state index contributed by atoms with van der Waals surface area (Å²) in [6, 6.07) is 17.8. The van der Waals surface area contributed by atoms with Gasteiger partial charge in [0, 0.05) is 18.1 Å². The van der Waals surface area contributed by atoms with E-state index in [9.17, 15) is 32.7 Å². The zero-order chi connectivity index (χ0) is 27.8. The molecule has 10 heteroatoms. The molecule has 1 amide bonds. The van der Waals surface area contributed by atoms with Gasteiger partial charge >= 0.3 is 12.1 Å². The van der Waals surface area contributed by atoms with Crippen molar-refractivity contribution in [3.05, 3.63) is 94.4 Å². The summed E-state index contributed by atoms with van der Waals surface area (Å²) in [6.45, 7) is -1.56. The van der Waals surface area contributed by atoms with Crippen molar-refractivity contribution in [3.63, 3.8) is 0 Å². The smallest absolute Gasteiger partial charge is 0.405 e. The fourth-order valence-corrected chi connectivity index (χ4v) is 4.91. The van der Waals surface area contributed by atoms with E-state index in [1.54, 1.807) is 17.4 Å². The summed E-state index contributed by atoms with van der Waals surface area (Å²) in [7, 11) is 0. The quantitative estimate of drug-likeness (QED) is 0.341. The molecule has 4 aromatic rings. The zero-order valence-electron chi connectivity index (χ0n) is 20.7. The Morgan fingerprint density at radius 1 is 1.03 bits per heavy atom. The van der Waals surface area contributed by atoms with Crippen molar-refractivity contribution in [1.82, 2.24) is 14.9 Å². The number of carbonyl (C=O) groups is 2. The number of hydrogen-bond acceptors (Lipinski definition) is 4. The Bertz CT molecular complexity index is 1620. The minimum atomic E-state index is -4.62. The molecule has 7 nitrogen and oxygen atoms in total. The lowest BCUT2D eigenvalue weighted by molar-refractivity contribution is -0.154. The number of carboxylic acids is 1. The molecule has 0 atom stereocenters. The van der Waals surface area contributed by atoms with Crippen molar-refractivity contribution < 1.29 is 27.9 Å². The highest BCUT2D eigenvalue weighted by molar-refractivity contribution is 5.97. The third-order valence-electron chi connectivity index (χ3n) is 7.17. The van der Waals surface area contributed by atoms with Gasteiger partial charge in [0.05, 0.1) is 10.8 Å². The molecule has 1 fully saturated rings. The van der Waals surface area contributed by atoms with Crippen LogP contribution >= 0.6 is 0 Å². The minimum Gasteiger partial charge on any atom is -0.481 e. The first-order chi connectivity index (χ1) is 18.6. The normalized spacial score (nSPS) is 14.5. The van der Waals surface area contributed by atoms with Gasteiger partial charge in [-0.2, -0.15) is 13.2 Å². The summed E-state index contributed by atoms with van der Waals surface area (Å²) in [6.07, 6.45) is 0.788. The van der Waals surface area contributed by atoms with Gasteiger partial charge in [-0.3, -0.25) is 14.4 Å². The third-order valence-corrected chi connectivity index (χ3v) is 7.17. The maximum absolute atomic E-state index is 12.9. The Hall–Kier alpha value is -4.47. The first-order valence-electron chi connectivity index (χ1n) is 12.3. The van der Waals surface area contributed by atoms with Gasteiger partial charge in [0.15, 0.2) is 0 Å². The number of alkyl halides is 3. The molecule has 0 bridgehead atoms. The van der Waals surface area contributed by atoms with Crippen molar-refractivity contribution in [2.24, 2.45) is 5.41 Å². The Balaban J connectivity index is 1.50. The molecule has 5 rings (SSSR count). The third kappa shape index (κ3) is 5.27. The monoisotopic (exact) mass is 535 g/mol. The topological polar surface area (TPSA) is 101 Å². The first-order valence-corrected chi connectivity index (χ1v) is 12.3. The van der Waals surface area contributed by atoms with Crippen LogP contribution in [-0.2, 0) is 11.2 Å². The van der Waals surface area contributed by atoms with Gasteiger partial charge in [-0.25, -0.2) is 4.98 Å². The molecule has 1 saturated carbocycles. The van der Waals surface area contributed by atoms with Gasteiger partial charge in [0.25, 0.3) is 5.91 Å². The van der Waals surface area contributed by atoms with Crippen LogP contribution in [0.25, 0.3) is 27.8 Å². The second-order valence-corrected chi connectivity index (χ2v) is 9.78. The van der Waals surface area contributed by atoms with Gasteiger partial charge in [-0.05, 0) is 60.2 Å². The number of fused-ring (bicyclic) bond motifs is 1. The number of carbonyl (C=O) groups excluding carboxylic acids is 1. The lowest BCUT2D eigenvalue weighted by Gasteiger charge is -2.37. The molecule has 0 spiro atoms. The van der Waals surface area contributed by atoms with E-state index in [0.29, 0.717) is 24.9 Å². The van der Waals surface area contributed by atoms with Gasteiger partial charge < -0.3 is 15.0 Å². The van der Waals surface area contributed by atoms with E-state index >= 15 is 0 Å². The van der Waals surface area contributed by atoms with E-state index in [2.05, 4.69) is 4.98 Å². The number of carboxylic acid groups (broad SMARTS) is 1. The summed E-state index contributed by atoms with van der Waals surface area (Å²) in [5.41, 5.74) is 1.56. The Kier molecular flexibility index (Phi) is 6.71. The molecule has 2 heterocycles. The number of aromatic nitrogens is 2. The van der Waals surface area contributed by atoms with E-state index in [1.807, 2.05) is 36.4 Å². The number of aliphatic carboxylic acids is 1. The number of benzene rings is 2. The zero-order valence-corrected chi connectivity index (χ0v) is 20.7. The molecule has 2 aromatic heterocycles. The van der Waals surface area contributed by atoms with Crippen LogP contribution in [0, 0.1) is 5.41 Å². The van der Waals surface area contributed by atoms with Crippen molar-refractivity contribution in [2.45, 2.75) is 31.9 Å². The minimum absolute atomic E-state index is 0.0928. The van der Waals surface area contributed by atoms with Crippen LogP contribution in [0.15, 0.2) is 77.9 Å². The molecule has 0 unspecified atom stereocenters. The number of halogens is 3. The Labute approximate surface area is 220 Å². The molecule has 0 saturated heterocycles. The number of nitrogens with one attached hydrogen (secondary N) is 1. The average Bonchev–Trinajstić information content (AvgIpc) is 2.89. The largest absolute Gasteiger partial charge is 0.481 e. The molecule has 0 radical (unpaired) electrons. The summed E-state index contributed by atoms with van der Waals surface area (Å²) in [5, 5.41) is 11.5. The molecule has 2 aromatic carbocycles. The van der Waals surface area contributed by atoms with Gasteiger partial charge in [0.2, 0.25) is 5.43 Å². The van der Waals surface area contributed by atoms with Crippen molar-refractivity contribution in [1.29, 1.82) is 0 Å². The van der Waals surface area contributed by atoms with Crippen LogP contribution in [0.2, 0.25) is 0 Å². The van der Waals surface area contributed by atoms with Gasteiger partial charge in [-0.1, -0.05) is 42.8 Å². The molecule has 2 N–H and O–H groups in total. The van der Waals surface area contributed by atoms with Crippen molar-refractivity contribution in [2.75, 3.05) is 6.54 Å². The van der Waals surface area contributed by atoms with E-state index in [4.69, 9.17) is 0 Å². The van der Waals surface area contributed by atoms with Crippen LogP contribution < -0.4 is 10.7 Å². The lowest BCUT2D eigenvalue weighted by atomic mass is 9.65. The molecule has 1 aliphatic rings. The summed E-state index contributed by atoms with van der Waals surface area (Å²) >= 11 is 0. The first kappa shape index (κ1) is 26.1. The number of rotatable bonds is 7. The molecular formula is C29H24F3N3O4. The fraction of sp³-hybridized carbons (Fsp3) is 0.241. The second kappa shape index (κ2) is 10.0. The maximum atomic E-state index is 12.9. The molecule has 1 aliphatic carbocycles. The lowest BCUT2D eigenvalue weighted by Crippen LogP contribution is -2.39. The van der Waals surface area contributed by atoms with E-state index in [-0.39, 0.29) is 11.0 Å². The van der Waals surface area contributed by atoms with E-state index in [1.165, 1.54) is 29.1 Å². The van der Waals surface area contributed by atoms with Gasteiger partial charge in [0.1, 0.15) is 17.8 Å². The van der Waals surface area contributed by atoms with Crippen LogP contribution in [0.1, 0.15) is 35.2 Å². The van der Waals surface area contributed by atoms with Crippen molar-refractivity contribution in [3.8, 4) is 16.8 Å². The fourth-order valence-electron chi connectivity index (χ4n) is 4.91. The molecule has 39 heavy (non-hydrogen) atoms. The summed E-state index contributed by atoms with van der Waals surface area (Å²) < 4.78 is 39.5. The second-order valence-electron chi connectivity index (χ2n) is 9.78. The van der Waals surface area contributed by atoms with Crippen LogP contribution in [0.5, 0.6) is 0 Å². The molecule has 200 valence electrons. The van der Waals surface area contributed by atoms with Crippen LogP contribution in [-0.4, -0.2) is 39.3 Å². The molecular weight excluding hydrogens is 511 g/mol. The Morgan fingerprint density at radius 3 is 2.41 bits per heavy atom. The van der Waals surface area contributed by atoms with Gasteiger partial charge in [-0.15, -0.1) is 0 Å². The predicted octanol–water partition coefficient (Wildman–Crippen LogP) is 5.14. The predicted molar refractivity (Wildman–Crippen MR) is 139 cm³/mol. The number of amides is 1. The summed E-state index contributed by atoms with van der Waals surface area (Å²) in [5.74, 6) is -1.90. The standard InChI is InChI=1S/C29H24F3N3O4/c30-29(31,32)17-34-26(37)23-16-35(25-22(24(23)36)6-2-13-33-25)21-5-1-4-20(14-21)19-9-7-18(8-10-19)15-28(27(38)39)11-3-12-28/h1-2,4-10,13-14,16H,3,11-12,15,17H2,(H,34,37)(H,38,39).